The first-order valence-corrected chi connectivity index (χ1v) is 9.60. The summed E-state index contributed by atoms with van der Waals surface area (Å²) < 4.78 is 10.8. The van der Waals surface area contributed by atoms with Crippen LogP contribution in [0.25, 0.3) is 0 Å². The van der Waals surface area contributed by atoms with E-state index in [2.05, 4.69) is 4.98 Å². The molecular weight excluding hydrogens is 392 g/mol. The Balaban J connectivity index is 2.00. The molecule has 1 unspecified atom stereocenters. The molecule has 0 aliphatic carbocycles. The van der Waals surface area contributed by atoms with Gasteiger partial charge in [-0.1, -0.05) is 29.8 Å². The molecule has 152 valence electrons. The van der Waals surface area contributed by atoms with Crippen LogP contribution in [0.3, 0.4) is 0 Å². The Morgan fingerprint density at radius 3 is 2.52 bits per heavy atom. The van der Waals surface area contributed by atoms with Crippen molar-refractivity contribution >= 4 is 23.5 Å². The third kappa shape index (κ3) is 4.78. The van der Waals surface area contributed by atoms with Crippen LogP contribution in [0.15, 0.2) is 42.1 Å². The van der Waals surface area contributed by atoms with Crippen LogP contribution < -0.4 is 4.74 Å². The van der Waals surface area contributed by atoms with E-state index in [1.807, 2.05) is 41.2 Å². The van der Waals surface area contributed by atoms with Crippen molar-refractivity contribution in [2.45, 2.75) is 45.4 Å². The smallest absolute Gasteiger partial charge is 0.322 e. The number of ether oxygens (including phenoxy) is 2. The number of aromatic nitrogens is 1. The van der Waals surface area contributed by atoms with Gasteiger partial charge in [0, 0.05) is 13.1 Å². The molecule has 0 N–H and O–H groups in total. The van der Waals surface area contributed by atoms with Gasteiger partial charge in [-0.15, -0.1) is 0 Å². The summed E-state index contributed by atoms with van der Waals surface area (Å²) in [5, 5.41) is 0.256. The lowest BCUT2D eigenvalue weighted by atomic mass is 9.91. The van der Waals surface area contributed by atoms with E-state index in [-0.39, 0.29) is 10.9 Å². The number of fused-ring (bicyclic) bond motifs is 1. The number of rotatable bonds is 4. The molecule has 2 aromatic rings. The second kappa shape index (κ2) is 8.27. The van der Waals surface area contributed by atoms with Crippen LogP contribution in [-0.2, 0) is 27.4 Å². The lowest BCUT2D eigenvalue weighted by molar-refractivity contribution is -0.156. The fourth-order valence-electron chi connectivity index (χ4n) is 3.27. The van der Waals surface area contributed by atoms with E-state index in [4.69, 9.17) is 21.1 Å². The molecule has 7 heteroatoms. The Labute approximate surface area is 175 Å². The van der Waals surface area contributed by atoms with Gasteiger partial charge >= 0.3 is 5.97 Å². The highest BCUT2D eigenvalue weighted by atomic mass is 35.5. The summed E-state index contributed by atoms with van der Waals surface area (Å²) in [7, 11) is 1.60. The van der Waals surface area contributed by atoms with Crippen molar-refractivity contribution in [3.8, 4) is 5.75 Å². The van der Waals surface area contributed by atoms with Gasteiger partial charge in [-0.2, -0.15) is 0 Å². The molecule has 0 bridgehead atoms. The van der Waals surface area contributed by atoms with Gasteiger partial charge in [0.1, 0.15) is 34.1 Å². The number of halogens is 1. The number of carbonyl (C=O) groups is 1. The number of methoxy groups -OCH3 is 1. The molecule has 0 radical (unpaired) electrons. The minimum Gasteiger partial charge on any atom is -0.497 e. The van der Waals surface area contributed by atoms with E-state index in [1.165, 1.54) is 0 Å². The molecule has 1 aliphatic heterocycles. The number of hydrogen-bond donors (Lipinski definition) is 0. The molecule has 0 saturated heterocycles. The molecule has 6 nitrogen and oxygen atoms in total. The van der Waals surface area contributed by atoms with E-state index < -0.39 is 17.5 Å². The molecular formula is C22H23ClN2O4. The topological polar surface area (TPSA) is 68.7 Å². The Morgan fingerprint density at radius 2 is 1.93 bits per heavy atom. The molecule has 0 amide bonds. The zero-order chi connectivity index (χ0) is 21.2. The first-order chi connectivity index (χ1) is 13.7. The average molecular weight is 415 g/mol. The maximum absolute atomic E-state index is 13.0. The molecule has 29 heavy (non-hydrogen) atoms. The van der Waals surface area contributed by atoms with Crippen molar-refractivity contribution in [2.75, 3.05) is 7.11 Å². The SMILES string of the molecule is COc1ccc(CN2Cc3ccc(Cl)nc3C(C(=O)OC(C)(C)C)C2=C=O)cc1. The number of hydrogen-bond acceptors (Lipinski definition) is 6. The monoisotopic (exact) mass is 414 g/mol. The van der Waals surface area contributed by atoms with Crippen molar-refractivity contribution in [1.82, 2.24) is 9.88 Å². The number of carbonyl (C=O) groups excluding carboxylic acids is 2. The molecule has 0 spiro atoms. The zero-order valence-corrected chi connectivity index (χ0v) is 17.6. The average Bonchev–Trinajstić information content (AvgIpc) is 2.66. The van der Waals surface area contributed by atoms with Crippen molar-refractivity contribution in [1.29, 1.82) is 0 Å². The van der Waals surface area contributed by atoms with Crippen LogP contribution in [0.1, 0.15) is 43.5 Å². The van der Waals surface area contributed by atoms with Gasteiger partial charge in [-0.3, -0.25) is 4.79 Å². The minimum absolute atomic E-state index is 0.192. The lowest BCUT2D eigenvalue weighted by Gasteiger charge is -2.36. The highest BCUT2D eigenvalue weighted by Gasteiger charge is 2.40. The third-order valence-corrected chi connectivity index (χ3v) is 4.72. The second-order valence-electron chi connectivity index (χ2n) is 7.84. The molecule has 0 saturated carbocycles. The number of benzene rings is 1. The molecule has 0 fully saturated rings. The van der Waals surface area contributed by atoms with Crippen molar-refractivity contribution in [3.63, 3.8) is 0 Å². The van der Waals surface area contributed by atoms with Gasteiger partial charge in [0.2, 0.25) is 0 Å². The van der Waals surface area contributed by atoms with Crippen LogP contribution in [0.5, 0.6) is 5.75 Å². The Kier molecular flexibility index (Phi) is 5.96. The highest BCUT2D eigenvalue weighted by molar-refractivity contribution is 6.29. The first-order valence-electron chi connectivity index (χ1n) is 9.23. The molecule has 1 atom stereocenters. The summed E-state index contributed by atoms with van der Waals surface area (Å²) in [5.74, 6) is 1.17. The Hall–Kier alpha value is -2.82. The summed E-state index contributed by atoms with van der Waals surface area (Å²) in [5.41, 5.74) is 1.71. The van der Waals surface area contributed by atoms with Gasteiger partial charge in [-0.05, 0) is 50.1 Å². The molecule has 1 aromatic heterocycles. The summed E-state index contributed by atoms with van der Waals surface area (Å²) in [6.07, 6.45) is 0. The van der Waals surface area contributed by atoms with Crippen LogP contribution in [0, 0.1) is 0 Å². The lowest BCUT2D eigenvalue weighted by Crippen LogP contribution is -2.38. The second-order valence-corrected chi connectivity index (χ2v) is 8.22. The summed E-state index contributed by atoms with van der Waals surface area (Å²) >= 11 is 6.07. The van der Waals surface area contributed by atoms with Gasteiger partial charge in [-0.25, -0.2) is 9.78 Å². The van der Waals surface area contributed by atoms with Crippen LogP contribution >= 0.6 is 11.6 Å². The van der Waals surface area contributed by atoms with E-state index in [9.17, 15) is 9.59 Å². The third-order valence-electron chi connectivity index (χ3n) is 4.51. The summed E-state index contributed by atoms with van der Waals surface area (Å²) in [4.78, 5) is 31.1. The van der Waals surface area contributed by atoms with E-state index in [0.29, 0.717) is 18.8 Å². The standard InChI is InChI=1S/C22H23ClN2O4/c1-22(2,3)29-21(27)19-17(13-26)25(11-14-5-8-16(28-4)9-6-14)12-15-7-10-18(23)24-20(15)19/h5-10,19H,11-12H2,1-4H3. The normalized spacial score (nSPS) is 16.1. The fraction of sp³-hybridized carbons (Fsp3) is 0.364. The Bertz CT molecular complexity index is 960. The van der Waals surface area contributed by atoms with Crippen molar-refractivity contribution in [3.05, 3.63) is 64.1 Å². The first kappa shape index (κ1) is 20.9. The van der Waals surface area contributed by atoms with Crippen molar-refractivity contribution < 1.29 is 19.1 Å². The number of nitrogens with zero attached hydrogens (tertiary/aromatic N) is 2. The van der Waals surface area contributed by atoms with Gasteiger partial charge in [0.25, 0.3) is 0 Å². The van der Waals surface area contributed by atoms with Gasteiger partial charge in [0.15, 0.2) is 0 Å². The summed E-state index contributed by atoms with van der Waals surface area (Å²) in [6.45, 7) is 6.17. The maximum Gasteiger partial charge on any atom is 0.322 e. The Morgan fingerprint density at radius 1 is 1.24 bits per heavy atom. The van der Waals surface area contributed by atoms with E-state index in [1.54, 1.807) is 33.9 Å². The van der Waals surface area contributed by atoms with Crippen molar-refractivity contribution in [2.24, 2.45) is 0 Å². The molecule has 3 rings (SSSR count). The molecule has 1 aliphatic rings. The maximum atomic E-state index is 13.0. The van der Waals surface area contributed by atoms with Crippen LogP contribution in [0.4, 0.5) is 0 Å². The van der Waals surface area contributed by atoms with Crippen LogP contribution in [0.2, 0.25) is 5.15 Å². The minimum atomic E-state index is -0.979. The van der Waals surface area contributed by atoms with Gasteiger partial charge in [0.05, 0.1) is 12.8 Å². The predicted octanol–water partition coefficient (Wildman–Crippen LogP) is 3.90. The largest absolute Gasteiger partial charge is 0.497 e. The number of esters is 1. The quantitative estimate of drug-likeness (QED) is 0.429. The van der Waals surface area contributed by atoms with Crippen LogP contribution in [-0.4, -0.2) is 34.5 Å². The van der Waals surface area contributed by atoms with E-state index >= 15 is 0 Å². The number of pyridine rings is 1. The van der Waals surface area contributed by atoms with E-state index in [0.717, 1.165) is 16.9 Å². The zero-order valence-electron chi connectivity index (χ0n) is 16.9. The fourth-order valence-corrected chi connectivity index (χ4v) is 3.42. The summed E-state index contributed by atoms with van der Waals surface area (Å²) in [6, 6.07) is 11.0. The predicted molar refractivity (Wildman–Crippen MR) is 109 cm³/mol. The van der Waals surface area contributed by atoms with Gasteiger partial charge < -0.3 is 14.4 Å². The molecule has 1 aromatic carbocycles. The molecule has 2 heterocycles. The highest BCUT2D eigenvalue weighted by Crippen LogP contribution is 2.37.